The third-order valence-electron chi connectivity index (χ3n) is 3.88. The molecule has 2 atom stereocenters. The first-order valence-corrected chi connectivity index (χ1v) is 6.45. The molecule has 2 N–H and O–H groups in total. The maximum absolute atomic E-state index is 12.2. The Labute approximate surface area is 107 Å². The van der Waals surface area contributed by atoms with E-state index in [0.717, 1.165) is 29.9 Å². The van der Waals surface area contributed by atoms with Gasteiger partial charge in [-0.1, -0.05) is 6.92 Å². The molecule has 0 saturated carbocycles. The van der Waals surface area contributed by atoms with E-state index < -0.39 is 6.10 Å². The highest BCUT2D eigenvalue weighted by atomic mass is 16.3. The summed E-state index contributed by atoms with van der Waals surface area (Å²) in [5.41, 5.74) is 2.81. The molecule has 1 amide bonds. The van der Waals surface area contributed by atoms with Crippen LogP contribution in [0.1, 0.15) is 30.3 Å². The number of carbonyl (C=O) groups excluding carboxylic acids is 1. The number of rotatable bonds is 2. The summed E-state index contributed by atoms with van der Waals surface area (Å²) in [6.07, 6.45) is 0.847. The third kappa shape index (κ3) is 2.56. The number of aromatic nitrogens is 2. The Morgan fingerprint density at radius 2 is 2.28 bits per heavy atom. The first-order valence-electron chi connectivity index (χ1n) is 6.45. The molecule has 5 heteroatoms. The van der Waals surface area contributed by atoms with E-state index in [4.69, 9.17) is 0 Å². The van der Waals surface area contributed by atoms with Crippen molar-refractivity contribution in [1.29, 1.82) is 0 Å². The molecular formula is C13H21N3O2. The number of nitrogens with one attached hydrogen (secondary N) is 1. The fraction of sp³-hybridized carbons (Fsp3) is 0.692. The summed E-state index contributed by atoms with van der Waals surface area (Å²) in [6, 6.07) is 0. The van der Waals surface area contributed by atoms with Gasteiger partial charge in [-0.3, -0.25) is 9.89 Å². The largest absolute Gasteiger partial charge is 0.391 e. The molecule has 2 unspecified atom stereocenters. The molecule has 2 rings (SSSR count). The predicted octanol–water partition coefficient (Wildman–Crippen LogP) is 0.798. The lowest BCUT2D eigenvalue weighted by Crippen LogP contribution is -2.46. The molecule has 1 aliphatic heterocycles. The van der Waals surface area contributed by atoms with Crippen molar-refractivity contribution in [3.8, 4) is 0 Å². The van der Waals surface area contributed by atoms with Gasteiger partial charge in [0.05, 0.1) is 18.2 Å². The van der Waals surface area contributed by atoms with Crippen LogP contribution in [0.25, 0.3) is 0 Å². The van der Waals surface area contributed by atoms with Crippen LogP contribution in [-0.2, 0) is 11.2 Å². The standard InChI is InChI=1S/C13H21N3O2/c1-8-4-5-16(7-12(8)17)13(18)6-11-9(2)14-15-10(11)3/h8,12,17H,4-7H2,1-3H3,(H,14,15). The SMILES string of the molecule is Cc1n[nH]c(C)c1CC(=O)N1CCC(C)C(O)C1. The number of H-pyrrole nitrogens is 1. The van der Waals surface area contributed by atoms with Crippen LogP contribution in [0.2, 0.25) is 0 Å². The second kappa shape index (κ2) is 5.10. The Bertz CT molecular complexity index is 422. The second-order valence-electron chi connectivity index (χ2n) is 5.26. The fourth-order valence-corrected chi connectivity index (χ4v) is 2.37. The summed E-state index contributed by atoms with van der Waals surface area (Å²) in [5, 5.41) is 16.8. The molecule has 2 heterocycles. The van der Waals surface area contributed by atoms with Crippen LogP contribution in [-0.4, -0.2) is 45.3 Å². The molecule has 1 saturated heterocycles. The Balaban J connectivity index is 2.01. The average molecular weight is 251 g/mol. The first-order chi connectivity index (χ1) is 8.49. The quantitative estimate of drug-likeness (QED) is 0.817. The van der Waals surface area contributed by atoms with Gasteiger partial charge in [0.1, 0.15) is 0 Å². The van der Waals surface area contributed by atoms with Crippen LogP contribution in [0.3, 0.4) is 0 Å². The summed E-state index contributed by atoms with van der Waals surface area (Å²) in [6.45, 7) is 7.05. The molecule has 0 spiro atoms. The van der Waals surface area contributed by atoms with Crippen molar-refractivity contribution in [3.05, 3.63) is 17.0 Å². The van der Waals surface area contributed by atoms with Gasteiger partial charge in [0, 0.05) is 24.3 Å². The molecule has 1 aromatic heterocycles. The zero-order valence-electron chi connectivity index (χ0n) is 11.2. The lowest BCUT2D eigenvalue weighted by atomic mass is 9.95. The minimum atomic E-state index is -0.394. The molecule has 0 aromatic carbocycles. The number of aliphatic hydroxyl groups excluding tert-OH is 1. The van der Waals surface area contributed by atoms with Gasteiger partial charge >= 0.3 is 0 Å². The van der Waals surface area contributed by atoms with Crippen molar-refractivity contribution in [2.45, 2.75) is 39.7 Å². The maximum atomic E-state index is 12.2. The van der Waals surface area contributed by atoms with Gasteiger partial charge in [0.15, 0.2) is 0 Å². The fourth-order valence-electron chi connectivity index (χ4n) is 2.37. The van der Waals surface area contributed by atoms with Crippen molar-refractivity contribution in [2.24, 2.45) is 5.92 Å². The molecule has 1 aliphatic rings. The predicted molar refractivity (Wildman–Crippen MR) is 68.1 cm³/mol. The van der Waals surface area contributed by atoms with Gasteiger partial charge in [0.2, 0.25) is 5.91 Å². The van der Waals surface area contributed by atoms with Crippen LogP contribution in [0.4, 0.5) is 0 Å². The summed E-state index contributed by atoms with van der Waals surface area (Å²) >= 11 is 0. The Hall–Kier alpha value is -1.36. The number of likely N-dealkylation sites (tertiary alicyclic amines) is 1. The van der Waals surface area contributed by atoms with Gasteiger partial charge in [-0.25, -0.2) is 0 Å². The molecule has 0 bridgehead atoms. The lowest BCUT2D eigenvalue weighted by Gasteiger charge is -2.34. The molecule has 5 nitrogen and oxygen atoms in total. The average Bonchev–Trinajstić information content (AvgIpc) is 2.64. The maximum Gasteiger partial charge on any atom is 0.227 e. The second-order valence-corrected chi connectivity index (χ2v) is 5.26. The number of aliphatic hydroxyl groups is 1. The lowest BCUT2D eigenvalue weighted by molar-refractivity contribution is -0.134. The number of β-amino-alcohol motifs (C(OH)–C–C–N with tert-alkyl or cyclic N) is 1. The first kappa shape index (κ1) is 13.1. The van der Waals surface area contributed by atoms with Crippen LogP contribution < -0.4 is 0 Å². The zero-order chi connectivity index (χ0) is 13.3. The van der Waals surface area contributed by atoms with Gasteiger partial charge in [0.25, 0.3) is 0 Å². The van der Waals surface area contributed by atoms with E-state index in [2.05, 4.69) is 10.2 Å². The molecule has 0 aliphatic carbocycles. The highest BCUT2D eigenvalue weighted by Crippen LogP contribution is 2.19. The molecule has 1 fully saturated rings. The van der Waals surface area contributed by atoms with E-state index >= 15 is 0 Å². The number of aryl methyl sites for hydroxylation is 2. The summed E-state index contributed by atoms with van der Waals surface area (Å²) in [5.74, 6) is 0.361. The van der Waals surface area contributed by atoms with Gasteiger partial charge < -0.3 is 10.0 Å². The number of nitrogens with zero attached hydrogens (tertiary/aromatic N) is 2. The van der Waals surface area contributed by atoms with E-state index in [0.29, 0.717) is 13.0 Å². The number of hydrogen-bond donors (Lipinski definition) is 2. The topological polar surface area (TPSA) is 69.2 Å². The number of aromatic amines is 1. The van der Waals surface area contributed by atoms with E-state index in [1.165, 1.54) is 0 Å². The number of piperidine rings is 1. The molecule has 0 radical (unpaired) electrons. The minimum Gasteiger partial charge on any atom is -0.391 e. The van der Waals surface area contributed by atoms with Gasteiger partial charge in [-0.15, -0.1) is 0 Å². The van der Waals surface area contributed by atoms with Crippen LogP contribution >= 0.6 is 0 Å². The van der Waals surface area contributed by atoms with Crippen LogP contribution in [0.5, 0.6) is 0 Å². The van der Waals surface area contributed by atoms with Crippen molar-refractivity contribution in [2.75, 3.05) is 13.1 Å². The Kier molecular flexibility index (Phi) is 3.71. The van der Waals surface area contributed by atoms with Gasteiger partial charge in [-0.05, 0) is 26.2 Å². The summed E-state index contributed by atoms with van der Waals surface area (Å²) in [7, 11) is 0. The van der Waals surface area contributed by atoms with E-state index in [9.17, 15) is 9.90 Å². The van der Waals surface area contributed by atoms with E-state index in [1.807, 2.05) is 20.8 Å². The molecular weight excluding hydrogens is 230 g/mol. The number of amides is 1. The smallest absolute Gasteiger partial charge is 0.227 e. The monoisotopic (exact) mass is 251 g/mol. The van der Waals surface area contributed by atoms with Gasteiger partial charge in [-0.2, -0.15) is 5.10 Å². The van der Waals surface area contributed by atoms with Crippen LogP contribution in [0.15, 0.2) is 0 Å². The normalized spacial score (nSPS) is 24.3. The Morgan fingerprint density at radius 3 is 2.83 bits per heavy atom. The van der Waals surface area contributed by atoms with Crippen molar-refractivity contribution in [3.63, 3.8) is 0 Å². The number of carbonyl (C=O) groups is 1. The summed E-state index contributed by atoms with van der Waals surface area (Å²) in [4.78, 5) is 14.0. The van der Waals surface area contributed by atoms with Crippen LogP contribution in [0, 0.1) is 19.8 Å². The van der Waals surface area contributed by atoms with Crippen molar-refractivity contribution in [1.82, 2.24) is 15.1 Å². The molecule has 18 heavy (non-hydrogen) atoms. The van der Waals surface area contributed by atoms with Crippen molar-refractivity contribution < 1.29 is 9.90 Å². The van der Waals surface area contributed by atoms with Crippen molar-refractivity contribution >= 4 is 5.91 Å². The zero-order valence-corrected chi connectivity index (χ0v) is 11.2. The molecule has 1 aromatic rings. The highest BCUT2D eigenvalue weighted by molar-refractivity contribution is 5.79. The van der Waals surface area contributed by atoms with E-state index in [-0.39, 0.29) is 11.8 Å². The molecule has 100 valence electrons. The van der Waals surface area contributed by atoms with E-state index in [1.54, 1.807) is 4.90 Å². The third-order valence-corrected chi connectivity index (χ3v) is 3.88. The minimum absolute atomic E-state index is 0.0774. The Morgan fingerprint density at radius 1 is 1.56 bits per heavy atom. The number of hydrogen-bond acceptors (Lipinski definition) is 3. The summed E-state index contributed by atoms with van der Waals surface area (Å²) < 4.78 is 0. The highest BCUT2D eigenvalue weighted by Gasteiger charge is 2.27.